The van der Waals surface area contributed by atoms with Crippen LogP contribution in [0.15, 0.2) is 10.6 Å². The fourth-order valence-electron chi connectivity index (χ4n) is 0.633. The van der Waals surface area contributed by atoms with Gasteiger partial charge in [-0.15, -0.1) is 9.42 Å². The molecule has 1 N–H and O–H groups in total. The van der Waals surface area contributed by atoms with Gasteiger partial charge in [0.05, 0.1) is 0 Å². The third-order valence-corrected chi connectivity index (χ3v) is 1.52. The summed E-state index contributed by atoms with van der Waals surface area (Å²) in [5.41, 5.74) is -1.20. The Morgan fingerprint density at radius 3 is 2.71 bits per heavy atom. The summed E-state index contributed by atoms with van der Waals surface area (Å²) >= 11 is 0. The van der Waals surface area contributed by atoms with Crippen LogP contribution in [0.1, 0.15) is 11.5 Å². The maximum atomic E-state index is 11.9. The van der Waals surface area contributed by atoms with E-state index in [2.05, 4.69) is 14.2 Å². The van der Waals surface area contributed by atoms with Crippen LogP contribution in [0.25, 0.3) is 0 Å². The zero-order valence-electron chi connectivity index (χ0n) is 6.48. The Morgan fingerprint density at radius 1 is 1.64 bits per heavy atom. The van der Waals surface area contributed by atoms with E-state index in [0.29, 0.717) is 6.07 Å². The first kappa shape index (κ1) is 11.1. The summed E-state index contributed by atoms with van der Waals surface area (Å²) in [4.78, 5) is 8.18. The van der Waals surface area contributed by atoms with Gasteiger partial charge in [-0.25, -0.2) is 0 Å². The Hall–Kier alpha value is -0.980. The molecule has 1 aromatic heterocycles. The van der Waals surface area contributed by atoms with Gasteiger partial charge in [-0.1, -0.05) is 5.16 Å². The smallest absolute Gasteiger partial charge is 0.358 e. The van der Waals surface area contributed by atoms with Crippen molar-refractivity contribution in [2.45, 2.75) is 12.8 Å². The lowest BCUT2D eigenvalue weighted by atomic mass is 10.4. The second-order valence-corrected chi connectivity index (χ2v) is 2.92. The average Bonchev–Trinajstić information content (AvgIpc) is 2.47. The van der Waals surface area contributed by atoms with Crippen LogP contribution in [-0.4, -0.2) is 10.1 Å². The van der Waals surface area contributed by atoms with Crippen molar-refractivity contribution in [3.05, 3.63) is 17.5 Å². The van der Waals surface area contributed by atoms with E-state index in [4.69, 9.17) is 4.89 Å². The number of alkyl halides is 3. The number of hydrogen-bond acceptors (Lipinski definition) is 4. The van der Waals surface area contributed by atoms with E-state index in [1.165, 1.54) is 0 Å². The predicted molar refractivity (Wildman–Crippen MR) is 36.1 cm³/mol. The van der Waals surface area contributed by atoms with Gasteiger partial charge in [-0.3, -0.25) is 0 Å². The molecule has 9 heteroatoms. The first-order valence-corrected chi connectivity index (χ1v) is 4.34. The lowest BCUT2D eigenvalue weighted by Crippen LogP contribution is -2.04. The van der Waals surface area contributed by atoms with Gasteiger partial charge in [0.2, 0.25) is 0 Å². The fraction of sp³-hybridized carbons (Fsp3) is 0.400. The minimum absolute atomic E-state index is 0.269. The molecule has 5 nitrogen and oxygen atoms in total. The summed E-state index contributed by atoms with van der Waals surface area (Å²) in [6.45, 7) is -0.533. The molecule has 1 rings (SSSR count). The van der Waals surface area contributed by atoms with Crippen LogP contribution in [0.5, 0.6) is 0 Å². The first-order valence-electron chi connectivity index (χ1n) is 3.21. The highest BCUT2D eigenvalue weighted by atomic mass is 31.1. The van der Waals surface area contributed by atoms with Crippen LogP contribution < -0.4 is 0 Å². The number of hydrogen-bond donors (Lipinski definition) is 1. The molecule has 0 amide bonds. The Balaban J connectivity index is 2.64. The molecule has 0 saturated carbocycles. The van der Waals surface area contributed by atoms with E-state index >= 15 is 0 Å². The van der Waals surface area contributed by atoms with Crippen molar-refractivity contribution in [1.82, 2.24) is 5.16 Å². The standard InChI is InChI=1S/C5H3F3NO4P/c6-5(7,8)4-1-3(13-9-4)2-12-14(10)11/h1H,2H2/p+1. The van der Waals surface area contributed by atoms with Crippen molar-refractivity contribution >= 4 is 8.25 Å². The monoisotopic (exact) mass is 230 g/mol. The van der Waals surface area contributed by atoms with Gasteiger partial charge >= 0.3 is 14.4 Å². The normalized spacial score (nSPS) is 13.0. The van der Waals surface area contributed by atoms with Crippen LogP contribution in [-0.2, 0) is 21.9 Å². The van der Waals surface area contributed by atoms with Crippen molar-refractivity contribution in [2.24, 2.45) is 0 Å². The topological polar surface area (TPSA) is 72.6 Å². The zero-order chi connectivity index (χ0) is 10.8. The van der Waals surface area contributed by atoms with E-state index < -0.39 is 26.7 Å². The van der Waals surface area contributed by atoms with E-state index in [9.17, 15) is 17.7 Å². The van der Waals surface area contributed by atoms with Gasteiger partial charge < -0.3 is 4.52 Å². The van der Waals surface area contributed by atoms with E-state index in [1.807, 2.05) is 0 Å². The van der Waals surface area contributed by atoms with Crippen LogP contribution in [0.2, 0.25) is 0 Å². The molecule has 14 heavy (non-hydrogen) atoms. The molecule has 0 aromatic carbocycles. The summed E-state index contributed by atoms with van der Waals surface area (Å²) in [7, 11) is -2.86. The van der Waals surface area contributed by atoms with Crippen molar-refractivity contribution in [1.29, 1.82) is 0 Å². The molecule has 78 valence electrons. The summed E-state index contributed by atoms with van der Waals surface area (Å²) in [6, 6.07) is 0.596. The summed E-state index contributed by atoms with van der Waals surface area (Å²) < 4.78 is 54.1. The van der Waals surface area contributed by atoms with Gasteiger partial charge in [0.15, 0.2) is 18.1 Å². The first-order chi connectivity index (χ1) is 6.39. The lowest BCUT2D eigenvalue weighted by molar-refractivity contribution is -0.142. The molecule has 1 atom stereocenters. The van der Waals surface area contributed by atoms with Gasteiger partial charge in [-0.2, -0.15) is 13.2 Å². The number of aromatic nitrogens is 1. The average molecular weight is 230 g/mol. The third-order valence-electron chi connectivity index (χ3n) is 1.17. The summed E-state index contributed by atoms with van der Waals surface area (Å²) in [6.07, 6.45) is -4.59. The highest BCUT2D eigenvalue weighted by molar-refractivity contribution is 7.32. The zero-order valence-corrected chi connectivity index (χ0v) is 7.38. The highest BCUT2D eigenvalue weighted by Gasteiger charge is 2.35. The van der Waals surface area contributed by atoms with Crippen LogP contribution in [0, 0.1) is 0 Å². The second kappa shape index (κ2) is 4.04. The Labute approximate surface area is 76.4 Å². The molecule has 0 aliphatic carbocycles. The van der Waals surface area contributed by atoms with Gasteiger partial charge in [0, 0.05) is 10.6 Å². The molecule has 0 bridgehead atoms. The minimum Gasteiger partial charge on any atom is -0.358 e. The van der Waals surface area contributed by atoms with E-state index in [1.54, 1.807) is 0 Å². The van der Waals surface area contributed by atoms with Crippen molar-refractivity contribution in [3.8, 4) is 0 Å². The Morgan fingerprint density at radius 2 is 2.29 bits per heavy atom. The Bertz CT molecular complexity index is 336. The molecule has 0 spiro atoms. The lowest BCUT2D eigenvalue weighted by Gasteiger charge is -1.97. The van der Waals surface area contributed by atoms with Crippen LogP contribution in [0.3, 0.4) is 0 Å². The maximum Gasteiger partial charge on any atom is 0.695 e. The van der Waals surface area contributed by atoms with Gasteiger partial charge in [0.25, 0.3) is 0 Å². The molecule has 1 heterocycles. The number of halogens is 3. The molecular formula is C5H4F3NO4P+. The predicted octanol–water partition coefficient (Wildman–Crippen LogP) is 1.86. The molecule has 0 aliphatic heterocycles. The fourth-order valence-corrected chi connectivity index (χ4v) is 0.871. The highest BCUT2D eigenvalue weighted by Crippen LogP contribution is 2.29. The van der Waals surface area contributed by atoms with E-state index in [0.717, 1.165) is 0 Å². The maximum absolute atomic E-state index is 11.9. The molecule has 0 fully saturated rings. The summed E-state index contributed by atoms with van der Waals surface area (Å²) in [5, 5.41) is 2.71. The van der Waals surface area contributed by atoms with Crippen molar-refractivity contribution < 1.29 is 31.7 Å². The molecule has 1 unspecified atom stereocenters. The molecular weight excluding hydrogens is 226 g/mol. The third kappa shape index (κ3) is 3.06. The quantitative estimate of drug-likeness (QED) is 0.802. The molecule has 0 aliphatic rings. The minimum atomic E-state index is -4.59. The molecule has 0 saturated heterocycles. The summed E-state index contributed by atoms with van der Waals surface area (Å²) in [5.74, 6) is -0.269. The van der Waals surface area contributed by atoms with Crippen LogP contribution >= 0.6 is 8.25 Å². The van der Waals surface area contributed by atoms with Gasteiger partial charge in [0.1, 0.15) is 0 Å². The molecule has 1 aromatic rings. The van der Waals surface area contributed by atoms with Crippen LogP contribution in [0.4, 0.5) is 13.2 Å². The largest absolute Gasteiger partial charge is 0.695 e. The van der Waals surface area contributed by atoms with Crippen molar-refractivity contribution in [2.75, 3.05) is 0 Å². The number of nitrogens with zero attached hydrogens (tertiary/aromatic N) is 1. The van der Waals surface area contributed by atoms with Crippen molar-refractivity contribution in [3.63, 3.8) is 0 Å². The second-order valence-electron chi connectivity index (χ2n) is 2.19. The molecule has 0 radical (unpaired) electrons. The Kier molecular flexibility index (Phi) is 3.20. The number of rotatable bonds is 3. The SMILES string of the molecule is O=[P+](O)OCc1cc(C(F)(F)F)no1. The van der Waals surface area contributed by atoms with Gasteiger partial charge in [-0.05, 0) is 0 Å². The van der Waals surface area contributed by atoms with E-state index in [-0.39, 0.29) is 5.76 Å².